The van der Waals surface area contributed by atoms with E-state index in [2.05, 4.69) is 15.0 Å². The average Bonchev–Trinajstić information content (AvgIpc) is 3.38. The van der Waals surface area contributed by atoms with Crippen LogP contribution in [0, 0.1) is 0 Å². The molecular formula is C24H29F2N3O5. The topological polar surface area (TPSA) is 88.2 Å². The monoisotopic (exact) mass is 477 g/mol. The lowest BCUT2D eigenvalue weighted by molar-refractivity contribution is -0.174. The van der Waals surface area contributed by atoms with Gasteiger partial charge in [0.2, 0.25) is 11.8 Å². The average molecular weight is 478 g/mol. The lowest BCUT2D eigenvalue weighted by Gasteiger charge is -2.38. The highest BCUT2D eigenvalue weighted by molar-refractivity contribution is 6.05. The highest BCUT2D eigenvalue weighted by atomic mass is 19.3. The van der Waals surface area contributed by atoms with Gasteiger partial charge in [0, 0.05) is 37.7 Å². The lowest BCUT2D eigenvalue weighted by atomic mass is 10.0. The number of benzene rings is 1. The normalized spacial score (nSPS) is 28.5. The number of fused-ring (bicyclic) bond motifs is 1. The molecule has 1 aromatic rings. The number of nitrogens with one attached hydrogen (secondary N) is 1. The number of alkyl halides is 2. The summed E-state index contributed by atoms with van der Waals surface area (Å²) in [6.45, 7) is -0.997. The van der Waals surface area contributed by atoms with Gasteiger partial charge in [-0.25, -0.2) is 0 Å². The summed E-state index contributed by atoms with van der Waals surface area (Å²) in [6, 6.07) is 5.00. The summed E-state index contributed by atoms with van der Waals surface area (Å²) < 4.78 is 36.0. The molecule has 0 aromatic heterocycles. The Morgan fingerprint density at radius 2 is 1.82 bits per heavy atom. The molecule has 3 heterocycles. The molecule has 0 bridgehead atoms. The van der Waals surface area contributed by atoms with Crippen molar-refractivity contribution in [2.24, 2.45) is 0 Å². The van der Waals surface area contributed by atoms with E-state index in [0.29, 0.717) is 50.2 Å². The number of rotatable bonds is 6. The number of carbonyl (C=O) groups is 3. The van der Waals surface area contributed by atoms with Crippen LogP contribution in [0.5, 0.6) is 5.75 Å². The number of halogens is 2. The molecule has 1 aliphatic carbocycles. The zero-order valence-corrected chi connectivity index (χ0v) is 18.9. The maximum Gasteiger partial charge on any atom is 0.345 e. The molecule has 3 amide bonds. The largest absolute Gasteiger partial charge is 0.489 e. The molecule has 8 nitrogen and oxygen atoms in total. The first-order chi connectivity index (χ1) is 16.4. The number of ether oxygens (including phenoxy) is 2. The first-order valence-corrected chi connectivity index (χ1v) is 12.0. The third kappa shape index (κ3) is 4.65. The summed E-state index contributed by atoms with van der Waals surface area (Å²) in [5, 5.41) is 2.32. The lowest BCUT2D eigenvalue weighted by Crippen LogP contribution is -2.52. The maximum absolute atomic E-state index is 12.9. The zero-order chi connectivity index (χ0) is 23.8. The number of carbonyl (C=O) groups excluding carboxylic acids is 3. The van der Waals surface area contributed by atoms with Crippen molar-refractivity contribution in [2.45, 2.75) is 82.4 Å². The van der Waals surface area contributed by atoms with Gasteiger partial charge in [-0.15, -0.1) is 0 Å². The highest BCUT2D eigenvalue weighted by Gasteiger charge is 2.40. The van der Waals surface area contributed by atoms with Crippen molar-refractivity contribution in [1.29, 1.82) is 0 Å². The van der Waals surface area contributed by atoms with Crippen molar-refractivity contribution in [1.82, 2.24) is 15.1 Å². The molecule has 0 spiro atoms. The molecule has 184 valence electrons. The van der Waals surface area contributed by atoms with Gasteiger partial charge in [-0.2, -0.15) is 8.78 Å². The van der Waals surface area contributed by atoms with Crippen LogP contribution in [-0.2, 0) is 20.9 Å². The van der Waals surface area contributed by atoms with Crippen LogP contribution in [0.2, 0.25) is 0 Å². The van der Waals surface area contributed by atoms with Gasteiger partial charge in [0.05, 0.1) is 6.10 Å². The second-order valence-electron chi connectivity index (χ2n) is 9.51. The number of hydrogen-bond donors (Lipinski definition) is 1. The Labute approximate surface area is 196 Å². The van der Waals surface area contributed by atoms with E-state index in [1.807, 2.05) is 6.07 Å². The number of likely N-dealkylation sites (tertiary alicyclic amines) is 1. The highest BCUT2D eigenvalue weighted by Crippen LogP contribution is 2.34. The molecule has 3 fully saturated rings. The molecule has 3 atom stereocenters. The second kappa shape index (κ2) is 9.58. The van der Waals surface area contributed by atoms with Gasteiger partial charge in [0.25, 0.3) is 5.91 Å². The third-order valence-corrected chi connectivity index (χ3v) is 7.44. The van der Waals surface area contributed by atoms with Gasteiger partial charge >= 0.3 is 6.61 Å². The van der Waals surface area contributed by atoms with Crippen LogP contribution >= 0.6 is 0 Å². The van der Waals surface area contributed by atoms with Crippen molar-refractivity contribution < 1.29 is 32.6 Å². The summed E-state index contributed by atoms with van der Waals surface area (Å²) in [6.07, 6.45) is 4.28. The van der Waals surface area contributed by atoms with E-state index in [4.69, 9.17) is 4.74 Å². The fourth-order valence-electron chi connectivity index (χ4n) is 5.75. The Hall–Kier alpha value is -2.59. The van der Waals surface area contributed by atoms with Gasteiger partial charge < -0.3 is 14.4 Å². The number of piperidine rings is 2. The minimum atomic E-state index is -2.73. The Morgan fingerprint density at radius 1 is 1.03 bits per heavy atom. The Kier molecular flexibility index (Phi) is 6.52. The smallest absolute Gasteiger partial charge is 0.345 e. The molecule has 4 aliphatic rings. The van der Waals surface area contributed by atoms with E-state index in [-0.39, 0.29) is 30.4 Å². The summed E-state index contributed by atoms with van der Waals surface area (Å²) in [5.41, 5.74) is 1.37. The number of imide groups is 1. The summed E-state index contributed by atoms with van der Waals surface area (Å²) in [7, 11) is 0. The minimum absolute atomic E-state index is 0.00559. The summed E-state index contributed by atoms with van der Waals surface area (Å²) >= 11 is 0. The number of amides is 3. The van der Waals surface area contributed by atoms with Crippen LogP contribution in [-0.4, -0.2) is 71.5 Å². The van der Waals surface area contributed by atoms with Gasteiger partial charge in [0.1, 0.15) is 17.9 Å². The van der Waals surface area contributed by atoms with E-state index < -0.39 is 24.7 Å². The van der Waals surface area contributed by atoms with E-state index in [0.717, 1.165) is 24.8 Å². The maximum atomic E-state index is 12.9. The zero-order valence-electron chi connectivity index (χ0n) is 18.9. The van der Waals surface area contributed by atoms with Gasteiger partial charge in [-0.05, 0) is 62.3 Å². The predicted octanol–water partition coefficient (Wildman–Crippen LogP) is 2.45. The van der Waals surface area contributed by atoms with E-state index >= 15 is 0 Å². The van der Waals surface area contributed by atoms with Gasteiger partial charge in [-0.3, -0.25) is 24.6 Å². The van der Waals surface area contributed by atoms with Crippen molar-refractivity contribution >= 4 is 17.7 Å². The van der Waals surface area contributed by atoms with Crippen LogP contribution in [0.15, 0.2) is 18.2 Å². The van der Waals surface area contributed by atoms with Crippen molar-refractivity contribution in [3.05, 3.63) is 29.3 Å². The van der Waals surface area contributed by atoms with Crippen LogP contribution in [0.1, 0.15) is 60.9 Å². The Balaban J connectivity index is 1.22. The molecule has 1 unspecified atom stereocenters. The summed E-state index contributed by atoms with van der Waals surface area (Å²) in [5.74, 6) is -0.253. The molecule has 1 N–H and O–H groups in total. The number of nitrogens with zero attached hydrogens (tertiary/aromatic N) is 2. The van der Waals surface area contributed by atoms with Crippen molar-refractivity contribution in [2.75, 3.05) is 13.1 Å². The molecule has 34 heavy (non-hydrogen) atoms. The second-order valence-corrected chi connectivity index (χ2v) is 9.51. The standard InChI is InChI=1S/C24H29F2N3O5/c25-24(26)34-15-8-10-28(11-9-15)18-2-1-3-20(18)33-16-4-5-17-14(12-16)13-29(23(17)32)19-6-7-21(30)27-22(19)31/h4-5,12,15,18-20,24H,1-3,6-11,13H2,(H,27,30,31)/t18-,19?,20+/m0/s1. The Morgan fingerprint density at radius 3 is 2.56 bits per heavy atom. The van der Waals surface area contributed by atoms with Gasteiger partial charge in [-0.1, -0.05) is 0 Å². The van der Waals surface area contributed by atoms with E-state index in [1.165, 1.54) is 4.90 Å². The first kappa shape index (κ1) is 23.2. The third-order valence-electron chi connectivity index (χ3n) is 7.44. The molecule has 2 saturated heterocycles. The molecular weight excluding hydrogens is 448 g/mol. The van der Waals surface area contributed by atoms with E-state index in [9.17, 15) is 23.2 Å². The molecule has 3 aliphatic heterocycles. The Bertz CT molecular complexity index is 966. The SMILES string of the molecule is O=C1CCC(N2Cc3cc(O[C@@H]4CCC[C@@H]4N4CCC(OC(F)F)CC4)ccc3C2=O)C(=O)N1. The molecule has 1 saturated carbocycles. The first-order valence-electron chi connectivity index (χ1n) is 12.0. The molecule has 1 aromatic carbocycles. The quantitative estimate of drug-likeness (QED) is 0.634. The molecule has 0 radical (unpaired) electrons. The summed E-state index contributed by atoms with van der Waals surface area (Å²) in [4.78, 5) is 40.4. The van der Waals surface area contributed by atoms with Gasteiger partial charge in [0.15, 0.2) is 0 Å². The fraction of sp³-hybridized carbons (Fsp3) is 0.625. The van der Waals surface area contributed by atoms with Crippen LogP contribution in [0.3, 0.4) is 0 Å². The number of hydrogen-bond acceptors (Lipinski definition) is 6. The molecule has 10 heteroatoms. The van der Waals surface area contributed by atoms with Crippen molar-refractivity contribution in [3.8, 4) is 5.75 Å². The van der Waals surface area contributed by atoms with Crippen molar-refractivity contribution in [3.63, 3.8) is 0 Å². The predicted molar refractivity (Wildman–Crippen MR) is 116 cm³/mol. The van der Waals surface area contributed by atoms with Crippen LogP contribution in [0.4, 0.5) is 8.78 Å². The minimum Gasteiger partial charge on any atom is -0.489 e. The molecule has 5 rings (SSSR count). The fourth-order valence-corrected chi connectivity index (χ4v) is 5.75. The van der Waals surface area contributed by atoms with Crippen LogP contribution < -0.4 is 10.1 Å². The van der Waals surface area contributed by atoms with Crippen LogP contribution in [0.25, 0.3) is 0 Å². The van der Waals surface area contributed by atoms with E-state index in [1.54, 1.807) is 12.1 Å².